The average molecular weight is 532 g/mol. The fourth-order valence-corrected chi connectivity index (χ4v) is 5.73. The highest BCUT2D eigenvalue weighted by Gasteiger charge is 2.38. The fraction of sp³-hybridized carbons (Fsp3) is 0.185. The van der Waals surface area contributed by atoms with Crippen molar-refractivity contribution in [3.63, 3.8) is 0 Å². The van der Waals surface area contributed by atoms with E-state index in [9.17, 15) is 8.78 Å². The number of rotatable bonds is 5. The van der Waals surface area contributed by atoms with Crippen LogP contribution in [0.4, 0.5) is 13.2 Å². The van der Waals surface area contributed by atoms with Gasteiger partial charge in [-0.25, -0.2) is 23.1 Å². The molecule has 11 heteroatoms. The molecule has 6 aromatic rings. The summed E-state index contributed by atoms with van der Waals surface area (Å²) in [6, 6.07) is 9.16. The standard InChI is InChI=1S/C27H20F3N7S/c28-22-18(17-9-15(10-31-11-17)12-37-7-5-27(29,30)14-37)1-2-20-21(22)24(36-35-20)26-33-23-19(16-4-8-38-13-16)3-6-32-25(23)34-26/h1-4,6,8-11,13H,5,7,12,14H2,(H,35,36)(H,32,33,34). The third kappa shape index (κ3) is 3.95. The number of nitrogens with one attached hydrogen (secondary N) is 2. The molecular weight excluding hydrogens is 511 g/mol. The maximum Gasteiger partial charge on any atom is 0.261 e. The van der Waals surface area contributed by atoms with Crippen LogP contribution in [0.5, 0.6) is 0 Å². The Hall–Kier alpha value is -4.09. The monoisotopic (exact) mass is 531 g/mol. The maximum atomic E-state index is 16.1. The number of aromatic nitrogens is 6. The summed E-state index contributed by atoms with van der Waals surface area (Å²) in [7, 11) is 0. The number of aromatic amines is 2. The third-order valence-electron chi connectivity index (χ3n) is 6.88. The number of benzene rings is 1. The Bertz CT molecular complexity index is 1790. The van der Waals surface area contributed by atoms with Gasteiger partial charge in [0.05, 0.1) is 23.0 Å². The van der Waals surface area contributed by atoms with Gasteiger partial charge in [-0.1, -0.05) is 0 Å². The topological polar surface area (TPSA) is 86.4 Å². The van der Waals surface area contributed by atoms with Crippen LogP contribution in [0.25, 0.3) is 55.8 Å². The van der Waals surface area contributed by atoms with Gasteiger partial charge < -0.3 is 4.98 Å². The van der Waals surface area contributed by atoms with Crippen LogP contribution < -0.4 is 0 Å². The van der Waals surface area contributed by atoms with E-state index >= 15 is 4.39 Å². The number of H-pyrrole nitrogens is 2. The summed E-state index contributed by atoms with van der Waals surface area (Å²) in [5, 5.41) is 11.6. The van der Waals surface area contributed by atoms with E-state index < -0.39 is 11.7 Å². The molecule has 0 aliphatic carbocycles. The minimum absolute atomic E-state index is 0.152. The highest BCUT2D eigenvalue weighted by molar-refractivity contribution is 7.08. The molecule has 38 heavy (non-hydrogen) atoms. The molecule has 1 aliphatic heterocycles. The van der Waals surface area contributed by atoms with Gasteiger partial charge in [0.1, 0.15) is 11.5 Å². The second kappa shape index (κ2) is 8.74. The molecule has 1 fully saturated rings. The van der Waals surface area contributed by atoms with E-state index in [1.165, 1.54) is 0 Å². The molecular formula is C27H20F3N7S. The maximum absolute atomic E-state index is 16.1. The number of imidazole rings is 1. The number of alkyl halides is 2. The predicted octanol–water partition coefficient (Wildman–Crippen LogP) is 6.27. The zero-order chi connectivity index (χ0) is 25.9. The Kier molecular flexibility index (Phi) is 5.31. The van der Waals surface area contributed by atoms with E-state index in [1.807, 2.05) is 22.9 Å². The van der Waals surface area contributed by atoms with E-state index in [1.54, 1.807) is 53.0 Å². The summed E-state index contributed by atoms with van der Waals surface area (Å²) in [5.41, 5.74) is 5.78. The number of hydrogen-bond acceptors (Lipinski definition) is 6. The van der Waals surface area contributed by atoms with Gasteiger partial charge in [-0.05, 0) is 52.2 Å². The van der Waals surface area contributed by atoms with Crippen LogP contribution in [0.3, 0.4) is 0 Å². The smallest absolute Gasteiger partial charge is 0.261 e. The lowest BCUT2D eigenvalue weighted by atomic mass is 10.0. The molecule has 1 aliphatic rings. The molecule has 7 nitrogen and oxygen atoms in total. The summed E-state index contributed by atoms with van der Waals surface area (Å²) >= 11 is 1.60. The first-order valence-corrected chi connectivity index (χ1v) is 13.0. The summed E-state index contributed by atoms with van der Waals surface area (Å²) in [6.07, 6.45) is 4.75. The lowest BCUT2D eigenvalue weighted by Crippen LogP contribution is -2.24. The molecule has 0 unspecified atom stereocenters. The molecule has 1 saturated heterocycles. The lowest BCUT2D eigenvalue weighted by Gasteiger charge is -2.16. The molecule has 0 amide bonds. The number of thiophene rings is 1. The predicted molar refractivity (Wildman–Crippen MR) is 140 cm³/mol. The van der Waals surface area contributed by atoms with E-state index in [4.69, 9.17) is 0 Å². The first kappa shape index (κ1) is 23.1. The molecule has 0 bridgehead atoms. The first-order valence-electron chi connectivity index (χ1n) is 12.0. The average Bonchev–Trinajstić information content (AvgIpc) is 3.70. The van der Waals surface area contributed by atoms with Gasteiger partial charge in [-0.15, -0.1) is 0 Å². The van der Waals surface area contributed by atoms with Gasteiger partial charge in [0.2, 0.25) is 0 Å². The number of likely N-dealkylation sites (tertiary alicyclic amines) is 1. The van der Waals surface area contributed by atoms with Crippen molar-refractivity contribution in [1.29, 1.82) is 0 Å². The van der Waals surface area contributed by atoms with Crippen LogP contribution in [-0.4, -0.2) is 54.0 Å². The molecule has 0 atom stereocenters. The van der Waals surface area contributed by atoms with Gasteiger partial charge in [-0.3, -0.25) is 15.0 Å². The van der Waals surface area contributed by atoms with Gasteiger partial charge in [0, 0.05) is 54.8 Å². The van der Waals surface area contributed by atoms with E-state index in [2.05, 4.69) is 30.1 Å². The Morgan fingerprint density at radius 3 is 2.82 bits per heavy atom. The van der Waals surface area contributed by atoms with E-state index in [0.29, 0.717) is 52.3 Å². The van der Waals surface area contributed by atoms with Crippen molar-refractivity contribution in [3.8, 4) is 33.8 Å². The van der Waals surface area contributed by atoms with Gasteiger partial charge in [-0.2, -0.15) is 16.4 Å². The number of hydrogen-bond donors (Lipinski definition) is 2. The molecule has 7 rings (SSSR count). The van der Waals surface area contributed by atoms with Crippen molar-refractivity contribution in [3.05, 3.63) is 71.1 Å². The van der Waals surface area contributed by atoms with Crippen LogP contribution in [-0.2, 0) is 6.54 Å². The second-order valence-corrected chi connectivity index (χ2v) is 10.3. The Labute approximate surface area is 218 Å². The minimum Gasteiger partial charge on any atom is -0.335 e. The van der Waals surface area contributed by atoms with Crippen molar-refractivity contribution in [1.82, 2.24) is 35.0 Å². The molecule has 190 valence electrons. The first-order chi connectivity index (χ1) is 18.4. The zero-order valence-corrected chi connectivity index (χ0v) is 20.7. The van der Waals surface area contributed by atoms with Crippen LogP contribution in [0.15, 0.2) is 59.7 Å². The molecule has 6 heterocycles. The van der Waals surface area contributed by atoms with Gasteiger partial charge in [0.25, 0.3) is 5.92 Å². The highest BCUT2D eigenvalue weighted by atomic mass is 32.1. The van der Waals surface area contributed by atoms with Crippen LogP contribution >= 0.6 is 11.3 Å². The normalized spacial score (nSPS) is 15.7. The third-order valence-corrected chi connectivity index (χ3v) is 7.56. The summed E-state index contributed by atoms with van der Waals surface area (Å²) < 4.78 is 43.3. The second-order valence-electron chi connectivity index (χ2n) is 9.47. The molecule has 0 spiro atoms. The Morgan fingerprint density at radius 1 is 1.08 bits per heavy atom. The Balaban J connectivity index is 1.28. The molecule has 5 aromatic heterocycles. The van der Waals surface area contributed by atoms with E-state index in [0.717, 1.165) is 22.2 Å². The van der Waals surface area contributed by atoms with Crippen molar-refractivity contribution < 1.29 is 13.2 Å². The van der Waals surface area contributed by atoms with Crippen molar-refractivity contribution >= 4 is 33.4 Å². The SMILES string of the molecule is Fc1c(-c2cncc(CN3CCC(F)(F)C3)c2)ccc2[nH]nc(-c3nc4nccc(-c5ccsc5)c4[nH]3)c12. The van der Waals surface area contributed by atoms with Crippen molar-refractivity contribution in [2.24, 2.45) is 0 Å². The van der Waals surface area contributed by atoms with Gasteiger partial charge >= 0.3 is 0 Å². The summed E-state index contributed by atoms with van der Waals surface area (Å²) in [4.78, 5) is 18.2. The number of fused-ring (bicyclic) bond motifs is 2. The Morgan fingerprint density at radius 2 is 2.00 bits per heavy atom. The van der Waals surface area contributed by atoms with E-state index in [-0.39, 0.29) is 13.0 Å². The summed E-state index contributed by atoms with van der Waals surface area (Å²) in [5.74, 6) is -2.74. The minimum atomic E-state index is -2.67. The molecule has 1 aromatic carbocycles. The zero-order valence-electron chi connectivity index (χ0n) is 19.9. The number of nitrogens with zero attached hydrogens (tertiary/aromatic N) is 5. The lowest BCUT2D eigenvalue weighted by molar-refractivity contribution is 0.0115. The van der Waals surface area contributed by atoms with Gasteiger partial charge in [0.15, 0.2) is 11.5 Å². The van der Waals surface area contributed by atoms with Crippen LogP contribution in [0.2, 0.25) is 0 Å². The number of pyridine rings is 2. The van der Waals surface area contributed by atoms with Crippen LogP contribution in [0, 0.1) is 5.82 Å². The van der Waals surface area contributed by atoms with Crippen LogP contribution in [0.1, 0.15) is 12.0 Å². The highest BCUT2D eigenvalue weighted by Crippen LogP contribution is 2.36. The van der Waals surface area contributed by atoms with Crippen molar-refractivity contribution in [2.75, 3.05) is 13.1 Å². The number of halogens is 3. The molecule has 0 saturated carbocycles. The molecule has 2 N–H and O–H groups in total. The summed E-state index contributed by atoms with van der Waals surface area (Å²) in [6.45, 7) is 0.364. The fourth-order valence-electron chi connectivity index (χ4n) is 5.07. The molecule has 0 radical (unpaired) electrons. The van der Waals surface area contributed by atoms with Crippen molar-refractivity contribution in [2.45, 2.75) is 18.9 Å². The largest absolute Gasteiger partial charge is 0.335 e. The quantitative estimate of drug-likeness (QED) is 0.274.